The smallest absolute Gasteiger partial charge is 0.318 e. The maximum atomic E-state index is 12.6. The van der Waals surface area contributed by atoms with Crippen LogP contribution in [0.1, 0.15) is 43.9 Å². The second kappa shape index (κ2) is 13.1. The predicted octanol–water partition coefficient (Wildman–Crippen LogP) is 5.30. The fraction of sp³-hybridized carbons (Fsp3) is 0.514. The van der Waals surface area contributed by atoms with Crippen molar-refractivity contribution < 1.29 is 9.53 Å². The number of hydrogen-bond acceptors (Lipinski definition) is 10. The Bertz CT molecular complexity index is 1720. The van der Waals surface area contributed by atoms with E-state index in [-0.39, 0.29) is 18.4 Å². The van der Waals surface area contributed by atoms with Crippen LogP contribution in [0.2, 0.25) is 5.02 Å². The molecule has 47 heavy (non-hydrogen) atoms. The average Bonchev–Trinajstić information content (AvgIpc) is 3.74. The highest BCUT2D eigenvalue weighted by Crippen LogP contribution is 2.63. The first-order chi connectivity index (χ1) is 22.8. The Morgan fingerprint density at radius 1 is 1.26 bits per heavy atom. The zero-order valence-electron chi connectivity index (χ0n) is 27.1. The van der Waals surface area contributed by atoms with Crippen LogP contribution in [-0.2, 0) is 17.8 Å². The van der Waals surface area contributed by atoms with Crippen molar-refractivity contribution in [2.24, 2.45) is 5.92 Å². The lowest BCUT2D eigenvalue weighted by Crippen LogP contribution is -2.55. The average molecular weight is 673 g/mol. The maximum Gasteiger partial charge on any atom is 0.318 e. The third kappa shape index (κ3) is 6.12. The minimum absolute atomic E-state index is 0.150. The van der Waals surface area contributed by atoms with Crippen molar-refractivity contribution in [3.05, 3.63) is 59.5 Å². The summed E-state index contributed by atoms with van der Waals surface area (Å²) in [5.74, 6) is 1.51. The summed E-state index contributed by atoms with van der Waals surface area (Å²) in [6.45, 7) is 10.2. The number of carbonyl (C=O) groups is 1. The molecule has 0 radical (unpaired) electrons. The van der Waals surface area contributed by atoms with Crippen LogP contribution >= 0.6 is 23.4 Å². The number of amides is 1. The number of aromatic nitrogens is 3. The number of ether oxygens (including phenoxy) is 1. The third-order valence-electron chi connectivity index (χ3n) is 10.4. The summed E-state index contributed by atoms with van der Waals surface area (Å²) in [6.07, 6.45) is 10.1. The van der Waals surface area contributed by atoms with E-state index in [9.17, 15) is 10.1 Å². The largest absolute Gasteiger partial charge is 0.462 e. The molecule has 3 fully saturated rings. The third-order valence-corrected chi connectivity index (χ3v) is 12.6. The summed E-state index contributed by atoms with van der Waals surface area (Å²) in [5, 5.41) is 12.8. The number of halogens is 1. The highest BCUT2D eigenvalue weighted by molar-refractivity contribution is 8.08. The van der Waals surface area contributed by atoms with E-state index in [2.05, 4.69) is 58.1 Å². The first-order valence-corrected chi connectivity index (χ1v) is 17.8. The molecule has 0 bridgehead atoms. The summed E-state index contributed by atoms with van der Waals surface area (Å²) in [7, 11) is 2.19. The SMILES string of the molecule is C=CC(=O)N1CCN(c2nc(OCCN(C)C3S[C@@]3(C)C3CCC3)nc3c2CCN(c2cncc4cccc(Cl)c24)C3)C[C@@H]1CC#N. The number of hydrogen-bond donors (Lipinski definition) is 0. The molecule has 246 valence electrons. The Morgan fingerprint density at radius 2 is 2.11 bits per heavy atom. The molecule has 0 spiro atoms. The van der Waals surface area contributed by atoms with Crippen molar-refractivity contribution in [3.8, 4) is 12.1 Å². The molecular formula is C35H41ClN8O2S. The second-order valence-electron chi connectivity index (χ2n) is 13.2. The van der Waals surface area contributed by atoms with Gasteiger partial charge in [-0.15, -0.1) is 11.8 Å². The van der Waals surface area contributed by atoms with Crippen molar-refractivity contribution >= 4 is 51.5 Å². The number of fused-ring (bicyclic) bond motifs is 2. The minimum atomic E-state index is -0.257. The van der Waals surface area contributed by atoms with Gasteiger partial charge in [-0.1, -0.05) is 36.7 Å². The van der Waals surface area contributed by atoms with Crippen LogP contribution in [0, 0.1) is 17.2 Å². The fourth-order valence-corrected chi connectivity index (χ4v) is 9.26. The number of anilines is 2. The van der Waals surface area contributed by atoms with E-state index in [0.29, 0.717) is 53.9 Å². The number of nitrogens with zero attached hydrogens (tertiary/aromatic N) is 8. The number of nitriles is 1. The topological polar surface area (TPSA) is 102 Å². The molecule has 1 aromatic carbocycles. The molecule has 2 saturated heterocycles. The molecule has 1 aliphatic carbocycles. The molecule has 5 heterocycles. The van der Waals surface area contributed by atoms with Gasteiger partial charge < -0.3 is 19.4 Å². The second-order valence-corrected chi connectivity index (χ2v) is 15.2. The summed E-state index contributed by atoms with van der Waals surface area (Å²) in [5.41, 5.74) is 2.96. The van der Waals surface area contributed by atoms with Crippen LogP contribution in [0.25, 0.3) is 10.8 Å². The van der Waals surface area contributed by atoms with Crippen LogP contribution in [0.4, 0.5) is 11.5 Å². The van der Waals surface area contributed by atoms with E-state index in [1.54, 1.807) is 4.90 Å². The molecular weight excluding hydrogens is 632 g/mol. The molecule has 2 aromatic heterocycles. The van der Waals surface area contributed by atoms with Crippen LogP contribution in [0.5, 0.6) is 6.01 Å². The molecule has 1 saturated carbocycles. The summed E-state index contributed by atoms with van der Waals surface area (Å²) in [6, 6.07) is 8.25. The maximum absolute atomic E-state index is 12.6. The van der Waals surface area contributed by atoms with Gasteiger partial charge in [0.2, 0.25) is 5.91 Å². The van der Waals surface area contributed by atoms with Gasteiger partial charge in [0.1, 0.15) is 12.4 Å². The molecule has 1 amide bonds. The number of carbonyl (C=O) groups excluding carboxylic acids is 1. The van der Waals surface area contributed by atoms with E-state index >= 15 is 0 Å². The van der Waals surface area contributed by atoms with Crippen LogP contribution in [0.3, 0.4) is 0 Å². The molecule has 0 N–H and O–H groups in total. The van der Waals surface area contributed by atoms with Crippen LogP contribution < -0.4 is 14.5 Å². The molecule has 12 heteroatoms. The number of rotatable bonds is 10. The number of piperazine rings is 1. The highest BCUT2D eigenvalue weighted by atomic mass is 35.5. The molecule has 10 nitrogen and oxygen atoms in total. The number of benzene rings is 1. The lowest BCUT2D eigenvalue weighted by atomic mass is 9.76. The minimum Gasteiger partial charge on any atom is -0.462 e. The molecule has 7 rings (SSSR count). The van der Waals surface area contributed by atoms with E-state index in [1.807, 2.05) is 30.6 Å². The van der Waals surface area contributed by atoms with Gasteiger partial charge in [0.15, 0.2) is 0 Å². The number of thioether (sulfide) groups is 1. The Hall–Kier alpha value is -3.59. The fourth-order valence-electron chi connectivity index (χ4n) is 7.48. The van der Waals surface area contributed by atoms with Gasteiger partial charge in [-0.25, -0.2) is 0 Å². The van der Waals surface area contributed by atoms with Crippen molar-refractivity contribution in [1.82, 2.24) is 24.8 Å². The molecule has 1 unspecified atom stereocenters. The van der Waals surface area contributed by atoms with Gasteiger partial charge in [0, 0.05) is 60.0 Å². The first kappa shape index (κ1) is 32.0. The van der Waals surface area contributed by atoms with Crippen molar-refractivity contribution in [1.29, 1.82) is 5.26 Å². The van der Waals surface area contributed by atoms with Crippen molar-refractivity contribution in [2.75, 3.05) is 56.2 Å². The van der Waals surface area contributed by atoms with Crippen molar-refractivity contribution in [2.45, 2.75) is 61.7 Å². The van der Waals surface area contributed by atoms with Gasteiger partial charge in [0.05, 0.1) is 53.1 Å². The zero-order chi connectivity index (χ0) is 32.7. The summed E-state index contributed by atoms with van der Waals surface area (Å²) >= 11 is 8.78. The Balaban J connectivity index is 1.15. The van der Waals surface area contributed by atoms with E-state index in [4.69, 9.17) is 26.3 Å². The Morgan fingerprint density at radius 3 is 2.87 bits per heavy atom. The van der Waals surface area contributed by atoms with E-state index < -0.39 is 0 Å². The van der Waals surface area contributed by atoms with Gasteiger partial charge in [-0.2, -0.15) is 15.2 Å². The Labute approximate surface area is 285 Å². The lowest BCUT2D eigenvalue weighted by molar-refractivity contribution is -0.128. The lowest BCUT2D eigenvalue weighted by Gasteiger charge is -2.42. The zero-order valence-corrected chi connectivity index (χ0v) is 28.6. The molecule has 4 aliphatic rings. The molecule has 3 aliphatic heterocycles. The summed E-state index contributed by atoms with van der Waals surface area (Å²) < 4.78 is 6.68. The first-order valence-electron chi connectivity index (χ1n) is 16.5. The van der Waals surface area contributed by atoms with Crippen molar-refractivity contribution in [3.63, 3.8) is 0 Å². The Kier molecular flexibility index (Phi) is 8.94. The number of likely N-dealkylation sites (N-methyl/N-ethyl adjacent to an activating group) is 1. The van der Waals surface area contributed by atoms with E-state index in [0.717, 1.165) is 59.0 Å². The van der Waals surface area contributed by atoms with E-state index in [1.165, 1.54) is 25.3 Å². The quantitative estimate of drug-likeness (QED) is 0.208. The monoisotopic (exact) mass is 672 g/mol. The molecule has 3 atom stereocenters. The van der Waals surface area contributed by atoms with Gasteiger partial charge in [-0.05, 0) is 51.3 Å². The van der Waals surface area contributed by atoms with Gasteiger partial charge in [0.25, 0.3) is 0 Å². The standard InChI is InChI=1S/C35H41ClN8O2S/c1-4-30(45)44-16-15-43(21-25(44)11-13-37)32-26-12-14-42(29-20-38-19-23-7-5-10-27(36)31(23)29)22-28(26)39-34(40-32)46-18-17-41(3)33-35(2,47-33)24-8-6-9-24/h4-5,7,10,19-20,24-25,33H,1,6,8-9,11-12,14-18,21-22H2,2-3H3/t25-,33?,35-/m0/s1. The normalized spacial score (nSPS) is 24.1. The number of pyridine rings is 1. The van der Waals surface area contributed by atoms with Crippen LogP contribution in [0.15, 0.2) is 43.2 Å². The molecule has 3 aromatic rings. The van der Waals surface area contributed by atoms with Crippen LogP contribution in [-0.4, -0.2) is 93.2 Å². The summed E-state index contributed by atoms with van der Waals surface area (Å²) in [4.78, 5) is 35.7. The highest BCUT2D eigenvalue weighted by Gasteiger charge is 2.59. The van der Waals surface area contributed by atoms with Gasteiger partial charge in [-0.3, -0.25) is 14.7 Å². The van der Waals surface area contributed by atoms with Gasteiger partial charge >= 0.3 is 6.01 Å². The predicted molar refractivity (Wildman–Crippen MR) is 187 cm³/mol.